The third-order valence-electron chi connectivity index (χ3n) is 5.35. The number of rotatable bonds is 4. The highest BCUT2D eigenvalue weighted by Gasteiger charge is 2.49. The molecule has 0 heterocycles. The van der Waals surface area contributed by atoms with Gasteiger partial charge in [-0.05, 0) is 48.3 Å². The summed E-state index contributed by atoms with van der Waals surface area (Å²) >= 11 is 0. The molecule has 1 nitrogen and oxygen atoms in total. The van der Waals surface area contributed by atoms with E-state index in [1.807, 2.05) is 0 Å². The van der Waals surface area contributed by atoms with Crippen molar-refractivity contribution in [1.29, 1.82) is 0 Å². The normalized spacial score (nSPS) is 23.6. The molecule has 4 rings (SSSR count). The lowest BCUT2D eigenvalue weighted by Crippen LogP contribution is -2.38. The Bertz CT molecular complexity index is 613. The Balaban J connectivity index is 1.51. The van der Waals surface area contributed by atoms with Gasteiger partial charge in [0.2, 0.25) is 0 Å². The van der Waals surface area contributed by atoms with E-state index in [4.69, 9.17) is 5.73 Å². The van der Waals surface area contributed by atoms with Crippen LogP contribution in [0.4, 0.5) is 0 Å². The molecular weight excluding hydrogens is 242 g/mol. The molecule has 2 unspecified atom stereocenters. The first-order valence-electron chi connectivity index (χ1n) is 7.68. The molecule has 1 fully saturated rings. The highest BCUT2D eigenvalue weighted by Crippen LogP contribution is 2.53. The zero-order valence-corrected chi connectivity index (χ0v) is 11.8. The van der Waals surface area contributed by atoms with Gasteiger partial charge in [0.25, 0.3) is 0 Å². The van der Waals surface area contributed by atoms with Crippen LogP contribution in [0.3, 0.4) is 0 Å². The Morgan fingerprint density at radius 1 is 1.00 bits per heavy atom. The fraction of sp³-hybridized carbons (Fsp3) is 0.368. The van der Waals surface area contributed by atoms with Crippen LogP contribution in [0.5, 0.6) is 0 Å². The standard InChI is InChI=1S/C19H21N/c20-18(13-15-12-14-6-4-5-9-17(14)15)19(10-11-19)16-7-2-1-3-8-16/h1-9,15,18H,10-13,20H2. The number of hydrogen-bond donors (Lipinski definition) is 1. The van der Waals surface area contributed by atoms with Gasteiger partial charge < -0.3 is 5.73 Å². The molecule has 20 heavy (non-hydrogen) atoms. The van der Waals surface area contributed by atoms with Gasteiger partial charge in [-0.25, -0.2) is 0 Å². The third-order valence-corrected chi connectivity index (χ3v) is 5.35. The molecular formula is C19H21N. The van der Waals surface area contributed by atoms with E-state index in [0.717, 1.165) is 6.42 Å². The fourth-order valence-corrected chi connectivity index (χ4v) is 3.88. The second kappa shape index (κ2) is 4.46. The molecule has 1 saturated carbocycles. The van der Waals surface area contributed by atoms with Crippen molar-refractivity contribution in [2.45, 2.75) is 43.1 Å². The van der Waals surface area contributed by atoms with Crippen molar-refractivity contribution in [2.24, 2.45) is 5.73 Å². The minimum Gasteiger partial charge on any atom is -0.327 e. The van der Waals surface area contributed by atoms with Crippen LogP contribution in [0.15, 0.2) is 54.6 Å². The summed E-state index contributed by atoms with van der Waals surface area (Å²) in [5.41, 5.74) is 11.4. The van der Waals surface area contributed by atoms with Crippen LogP contribution in [-0.4, -0.2) is 6.04 Å². The first-order valence-corrected chi connectivity index (χ1v) is 7.68. The number of hydrogen-bond acceptors (Lipinski definition) is 1. The summed E-state index contributed by atoms with van der Waals surface area (Å²) in [6, 6.07) is 20.0. The largest absolute Gasteiger partial charge is 0.327 e. The zero-order valence-electron chi connectivity index (χ0n) is 11.8. The van der Waals surface area contributed by atoms with Crippen molar-refractivity contribution in [3.63, 3.8) is 0 Å². The summed E-state index contributed by atoms with van der Waals surface area (Å²) in [5, 5.41) is 0. The number of nitrogens with two attached hydrogens (primary N) is 1. The Morgan fingerprint density at radius 2 is 1.70 bits per heavy atom. The van der Waals surface area contributed by atoms with Crippen LogP contribution in [-0.2, 0) is 11.8 Å². The topological polar surface area (TPSA) is 26.0 Å². The molecule has 0 aromatic heterocycles. The van der Waals surface area contributed by atoms with E-state index in [-0.39, 0.29) is 5.41 Å². The van der Waals surface area contributed by atoms with Crippen molar-refractivity contribution in [1.82, 2.24) is 0 Å². The second-order valence-electron chi connectivity index (χ2n) is 6.46. The summed E-state index contributed by atoms with van der Waals surface area (Å²) in [6.45, 7) is 0. The SMILES string of the molecule is NC(CC1Cc2ccccc21)C1(c2ccccc2)CC1. The molecule has 0 bridgehead atoms. The first kappa shape index (κ1) is 12.2. The molecule has 2 aromatic carbocycles. The minimum absolute atomic E-state index is 0.270. The average molecular weight is 263 g/mol. The Kier molecular flexibility index (Phi) is 2.71. The van der Waals surface area contributed by atoms with E-state index in [0.29, 0.717) is 12.0 Å². The van der Waals surface area contributed by atoms with Gasteiger partial charge in [-0.2, -0.15) is 0 Å². The monoisotopic (exact) mass is 263 g/mol. The molecule has 0 amide bonds. The maximum Gasteiger partial charge on any atom is 0.0142 e. The van der Waals surface area contributed by atoms with Gasteiger partial charge in [-0.15, -0.1) is 0 Å². The lowest BCUT2D eigenvalue weighted by atomic mass is 9.72. The summed E-state index contributed by atoms with van der Waals surface area (Å²) in [4.78, 5) is 0. The van der Waals surface area contributed by atoms with Crippen LogP contribution in [0.1, 0.15) is 41.9 Å². The van der Waals surface area contributed by atoms with Crippen molar-refractivity contribution in [2.75, 3.05) is 0 Å². The Morgan fingerprint density at radius 3 is 2.40 bits per heavy atom. The van der Waals surface area contributed by atoms with E-state index in [1.165, 1.54) is 36.0 Å². The van der Waals surface area contributed by atoms with Gasteiger partial charge in [0.15, 0.2) is 0 Å². The van der Waals surface area contributed by atoms with Crippen molar-refractivity contribution >= 4 is 0 Å². The van der Waals surface area contributed by atoms with Crippen LogP contribution >= 0.6 is 0 Å². The van der Waals surface area contributed by atoms with Crippen LogP contribution < -0.4 is 5.73 Å². The van der Waals surface area contributed by atoms with Gasteiger partial charge in [-0.3, -0.25) is 0 Å². The number of fused-ring (bicyclic) bond motifs is 1. The van der Waals surface area contributed by atoms with Gasteiger partial charge in [-0.1, -0.05) is 54.6 Å². The predicted octanol–water partition coefficient (Wildman–Crippen LogP) is 3.78. The minimum atomic E-state index is 0.270. The molecule has 2 atom stereocenters. The summed E-state index contributed by atoms with van der Waals surface area (Å²) in [6.07, 6.45) is 4.86. The summed E-state index contributed by atoms with van der Waals surface area (Å²) < 4.78 is 0. The molecule has 2 N–H and O–H groups in total. The molecule has 0 spiro atoms. The van der Waals surface area contributed by atoms with Crippen LogP contribution in [0, 0.1) is 0 Å². The fourth-order valence-electron chi connectivity index (χ4n) is 3.88. The zero-order chi connectivity index (χ0) is 13.6. The number of benzene rings is 2. The average Bonchev–Trinajstić information content (AvgIpc) is 3.27. The van der Waals surface area contributed by atoms with E-state index in [2.05, 4.69) is 54.6 Å². The molecule has 1 heteroatoms. The maximum atomic E-state index is 6.61. The summed E-state index contributed by atoms with van der Waals surface area (Å²) in [7, 11) is 0. The summed E-state index contributed by atoms with van der Waals surface area (Å²) in [5.74, 6) is 0.683. The Labute approximate surface area is 120 Å². The molecule has 2 aromatic rings. The van der Waals surface area contributed by atoms with Crippen molar-refractivity contribution in [3.05, 3.63) is 71.3 Å². The molecule has 0 saturated heterocycles. The van der Waals surface area contributed by atoms with Crippen molar-refractivity contribution < 1.29 is 0 Å². The van der Waals surface area contributed by atoms with Gasteiger partial charge in [0.1, 0.15) is 0 Å². The predicted molar refractivity (Wildman–Crippen MR) is 82.8 cm³/mol. The van der Waals surface area contributed by atoms with Crippen LogP contribution in [0.25, 0.3) is 0 Å². The van der Waals surface area contributed by atoms with E-state index in [9.17, 15) is 0 Å². The highest BCUT2D eigenvalue weighted by molar-refractivity contribution is 5.41. The second-order valence-corrected chi connectivity index (χ2v) is 6.46. The molecule has 0 radical (unpaired) electrons. The Hall–Kier alpha value is -1.60. The van der Waals surface area contributed by atoms with Gasteiger partial charge in [0, 0.05) is 11.5 Å². The molecule has 0 aliphatic heterocycles. The quantitative estimate of drug-likeness (QED) is 0.892. The lowest BCUT2D eigenvalue weighted by molar-refractivity contribution is 0.418. The van der Waals surface area contributed by atoms with Crippen molar-refractivity contribution in [3.8, 4) is 0 Å². The maximum absolute atomic E-state index is 6.61. The van der Waals surface area contributed by atoms with E-state index >= 15 is 0 Å². The van der Waals surface area contributed by atoms with Gasteiger partial charge in [0.05, 0.1) is 0 Å². The first-order chi connectivity index (χ1) is 9.79. The lowest BCUT2D eigenvalue weighted by Gasteiger charge is -2.35. The molecule has 2 aliphatic rings. The third kappa shape index (κ3) is 1.81. The highest BCUT2D eigenvalue weighted by atomic mass is 14.7. The molecule has 2 aliphatic carbocycles. The smallest absolute Gasteiger partial charge is 0.0142 e. The van der Waals surface area contributed by atoms with E-state index in [1.54, 1.807) is 0 Å². The molecule has 102 valence electrons. The van der Waals surface area contributed by atoms with Crippen LogP contribution in [0.2, 0.25) is 0 Å². The van der Waals surface area contributed by atoms with E-state index < -0.39 is 0 Å². The van der Waals surface area contributed by atoms with Gasteiger partial charge >= 0.3 is 0 Å².